The maximum atomic E-state index is 12.6. The Kier molecular flexibility index (Phi) is 9.14. The average molecular weight is 432 g/mol. The molecule has 1 aliphatic heterocycles. The van der Waals surface area contributed by atoms with Crippen LogP contribution < -0.4 is 11.1 Å². The normalized spacial score (nSPS) is 24.9. The number of aliphatic hydroxyl groups is 1. The molecule has 1 unspecified atom stereocenters. The molecule has 1 saturated carbocycles. The van der Waals surface area contributed by atoms with E-state index in [1.807, 2.05) is 13.8 Å². The number of nitrogens with one attached hydrogen (secondary N) is 1. The monoisotopic (exact) mass is 431 g/mol. The van der Waals surface area contributed by atoms with Crippen molar-refractivity contribution in [2.45, 2.75) is 77.0 Å². The van der Waals surface area contributed by atoms with E-state index >= 15 is 0 Å². The lowest BCUT2D eigenvalue weighted by Gasteiger charge is -2.28. The van der Waals surface area contributed by atoms with Gasteiger partial charge in [-0.15, -0.1) is 0 Å². The number of likely N-dealkylation sites (tertiary alicyclic amines) is 1. The summed E-state index contributed by atoms with van der Waals surface area (Å²) >= 11 is 0. The molecular weight excluding hydrogens is 393 g/mol. The summed E-state index contributed by atoms with van der Waals surface area (Å²) in [5.41, 5.74) is 5.95. The topological polar surface area (TPSA) is 133 Å². The number of rotatable bonds is 9. The van der Waals surface area contributed by atoms with Gasteiger partial charge in [-0.3, -0.25) is 14.2 Å². The van der Waals surface area contributed by atoms with Gasteiger partial charge in [0.2, 0.25) is 19.2 Å². The van der Waals surface area contributed by atoms with E-state index in [9.17, 15) is 24.2 Å². The SMILES string of the molecule is CC(C)[C@H](N)C(=O)N1CCC[C@H]1C(=O)NC[C@H](O)CP(=O)(O)CC1CCCCC1. The fourth-order valence-electron chi connectivity index (χ4n) is 4.36. The molecule has 29 heavy (non-hydrogen) atoms. The van der Waals surface area contributed by atoms with Gasteiger partial charge < -0.3 is 26.0 Å². The third-order valence-corrected chi connectivity index (χ3v) is 8.20. The first-order valence-corrected chi connectivity index (χ1v) is 13.0. The van der Waals surface area contributed by atoms with Crippen LogP contribution >= 0.6 is 7.37 Å². The second-order valence-electron chi connectivity index (χ2n) is 9.07. The molecule has 1 heterocycles. The summed E-state index contributed by atoms with van der Waals surface area (Å²) in [4.78, 5) is 36.8. The Morgan fingerprint density at radius 2 is 1.83 bits per heavy atom. The summed E-state index contributed by atoms with van der Waals surface area (Å²) in [6.45, 7) is 4.13. The van der Waals surface area contributed by atoms with Crippen molar-refractivity contribution >= 4 is 19.2 Å². The van der Waals surface area contributed by atoms with Crippen LogP contribution in [0.2, 0.25) is 0 Å². The molecule has 8 nitrogen and oxygen atoms in total. The van der Waals surface area contributed by atoms with Gasteiger partial charge in [0.15, 0.2) is 0 Å². The summed E-state index contributed by atoms with van der Waals surface area (Å²) in [5.74, 6) is -0.336. The summed E-state index contributed by atoms with van der Waals surface area (Å²) in [5, 5.41) is 12.8. The van der Waals surface area contributed by atoms with Gasteiger partial charge in [-0.05, 0) is 37.5 Å². The summed E-state index contributed by atoms with van der Waals surface area (Å²) in [7, 11) is -3.44. The van der Waals surface area contributed by atoms with Crippen LogP contribution in [-0.4, -0.2) is 70.3 Å². The highest BCUT2D eigenvalue weighted by molar-refractivity contribution is 7.58. The smallest absolute Gasteiger partial charge is 0.242 e. The summed E-state index contributed by atoms with van der Waals surface area (Å²) < 4.78 is 12.5. The quantitative estimate of drug-likeness (QED) is 0.407. The molecule has 0 bridgehead atoms. The van der Waals surface area contributed by atoms with Gasteiger partial charge in [-0.2, -0.15) is 0 Å². The summed E-state index contributed by atoms with van der Waals surface area (Å²) in [6, 6.07) is -1.24. The van der Waals surface area contributed by atoms with E-state index in [4.69, 9.17) is 5.73 Å². The highest BCUT2D eigenvalue weighted by Crippen LogP contribution is 2.45. The zero-order chi connectivity index (χ0) is 21.6. The Hall–Kier alpha value is -0.950. The van der Waals surface area contributed by atoms with Crippen LogP contribution in [0.25, 0.3) is 0 Å². The maximum Gasteiger partial charge on any atom is 0.242 e. The highest BCUT2D eigenvalue weighted by atomic mass is 31.2. The predicted molar refractivity (Wildman–Crippen MR) is 113 cm³/mol. The van der Waals surface area contributed by atoms with Crippen molar-refractivity contribution in [3.63, 3.8) is 0 Å². The van der Waals surface area contributed by atoms with Crippen molar-refractivity contribution in [1.82, 2.24) is 10.2 Å². The Morgan fingerprint density at radius 1 is 1.17 bits per heavy atom. The van der Waals surface area contributed by atoms with Crippen molar-refractivity contribution in [2.75, 3.05) is 25.4 Å². The molecular formula is C20H38N3O5P. The van der Waals surface area contributed by atoms with Crippen molar-refractivity contribution < 1.29 is 24.2 Å². The fraction of sp³-hybridized carbons (Fsp3) is 0.900. The lowest BCUT2D eigenvalue weighted by Crippen LogP contribution is -2.53. The van der Waals surface area contributed by atoms with Crippen LogP contribution in [0.5, 0.6) is 0 Å². The molecule has 0 spiro atoms. The predicted octanol–water partition coefficient (Wildman–Crippen LogP) is 1.29. The first-order chi connectivity index (χ1) is 13.6. The van der Waals surface area contributed by atoms with Gasteiger partial charge in [-0.1, -0.05) is 33.1 Å². The Labute approximate surface area is 174 Å². The molecule has 0 radical (unpaired) electrons. The molecule has 4 atom stereocenters. The molecule has 0 aromatic carbocycles. The zero-order valence-electron chi connectivity index (χ0n) is 17.8. The van der Waals surface area contributed by atoms with Crippen LogP contribution in [0.15, 0.2) is 0 Å². The minimum atomic E-state index is -3.44. The molecule has 0 aromatic rings. The minimum absolute atomic E-state index is 0.0171. The molecule has 1 aliphatic carbocycles. The largest absolute Gasteiger partial charge is 0.391 e. The minimum Gasteiger partial charge on any atom is -0.391 e. The standard InChI is InChI=1S/C20H38N3O5P/c1-14(2)18(21)20(26)23-10-6-9-17(23)19(25)22-11-16(24)13-29(27,28)12-15-7-4-3-5-8-15/h14-18,24H,3-13,21H2,1-2H3,(H,22,25)(H,27,28)/t16-,17-,18-/m0/s1. The van der Waals surface area contributed by atoms with E-state index in [0.717, 1.165) is 32.1 Å². The van der Waals surface area contributed by atoms with Gasteiger partial charge in [0.05, 0.1) is 18.3 Å². The van der Waals surface area contributed by atoms with E-state index in [1.165, 1.54) is 11.3 Å². The van der Waals surface area contributed by atoms with Crippen LogP contribution in [0, 0.1) is 11.8 Å². The van der Waals surface area contributed by atoms with Gasteiger partial charge >= 0.3 is 0 Å². The van der Waals surface area contributed by atoms with Gasteiger partial charge in [0.25, 0.3) is 0 Å². The maximum absolute atomic E-state index is 12.6. The molecule has 0 aromatic heterocycles. The Balaban J connectivity index is 1.81. The Bertz CT molecular complexity index is 609. The van der Waals surface area contributed by atoms with Gasteiger partial charge in [0, 0.05) is 19.3 Å². The number of amides is 2. The van der Waals surface area contributed by atoms with Crippen LogP contribution in [0.1, 0.15) is 58.8 Å². The molecule has 5 N–H and O–H groups in total. The van der Waals surface area contributed by atoms with Crippen molar-refractivity contribution in [3.05, 3.63) is 0 Å². The van der Waals surface area contributed by atoms with E-state index < -0.39 is 25.6 Å². The molecule has 9 heteroatoms. The molecule has 168 valence electrons. The van der Waals surface area contributed by atoms with E-state index in [0.29, 0.717) is 13.0 Å². The number of carbonyl (C=O) groups is 2. The van der Waals surface area contributed by atoms with E-state index in [2.05, 4.69) is 5.32 Å². The fourth-order valence-corrected chi connectivity index (χ4v) is 6.47. The van der Waals surface area contributed by atoms with Gasteiger partial charge in [0.1, 0.15) is 6.04 Å². The summed E-state index contributed by atoms with van der Waals surface area (Å²) in [6.07, 6.45) is 5.56. The Morgan fingerprint density at radius 3 is 2.45 bits per heavy atom. The molecule has 2 rings (SSSR count). The average Bonchev–Trinajstić information content (AvgIpc) is 3.14. The lowest BCUT2D eigenvalue weighted by molar-refractivity contribution is -0.140. The van der Waals surface area contributed by atoms with Crippen LogP contribution in [-0.2, 0) is 14.2 Å². The lowest BCUT2D eigenvalue weighted by atomic mass is 9.91. The van der Waals surface area contributed by atoms with Crippen molar-refractivity contribution in [2.24, 2.45) is 17.6 Å². The van der Waals surface area contributed by atoms with Crippen molar-refractivity contribution in [1.29, 1.82) is 0 Å². The number of nitrogens with two attached hydrogens (primary N) is 1. The molecule has 2 aliphatic rings. The second-order valence-corrected chi connectivity index (χ2v) is 11.5. The number of aliphatic hydroxyl groups excluding tert-OH is 1. The number of hydrogen-bond donors (Lipinski definition) is 4. The van der Waals surface area contributed by atoms with Crippen LogP contribution in [0.4, 0.5) is 0 Å². The van der Waals surface area contributed by atoms with Gasteiger partial charge in [-0.25, -0.2) is 0 Å². The molecule has 1 saturated heterocycles. The van der Waals surface area contributed by atoms with E-state index in [1.54, 1.807) is 0 Å². The second kappa shape index (κ2) is 10.9. The first kappa shape index (κ1) is 24.3. The molecule has 2 amide bonds. The number of carbonyl (C=O) groups excluding carboxylic acids is 2. The van der Waals surface area contributed by atoms with Crippen molar-refractivity contribution in [3.8, 4) is 0 Å². The number of hydrogen-bond acceptors (Lipinski definition) is 5. The zero-order valence-corrected chi connectivity index (χ0v) is 18.7. The third kappa shape index (κ3) is 7.35. The van der Waals surface area contributed by atoms with Crippen LogP contribution in [0.3, 0.4) is 0 Å². The number of nitrogens with zero attached hydrogens (tertiary/aromatic N) is 1. The highest BCUT2D eigenvalue weighted by Gasteiger charge is 2.37. The van der Waals surface area contributed by atoms with E-state index in [-0.39, 0.29) is 42.5 Å². The molecule has 2 fully saturated rings. The first-order valence-electron chi connectivity index (χ1n) is 10.9. The third-order valence-electron chi connectivity index (χ3n) is 6.12.